The summed E-state index contributed by atoms with van der Waals surface area (Å²) >= 11 is 0. The minimum absolute atomic E-state index is 0.103. The summed E-state index contributed by atoms with van der Waals surface area (Å²) in [4.78, 5) is 13.6. The molecule has 0 radical (unpaired) electrons. The monoisotopic (exact) mass is 269 g/mol. The molecule has 0 aromatic heterocycles. The molecule has 1 heterocycles. The van der Waals surface area contributed by atoms with Crippen molar-refractivity contribution in [2.75, 3.05) is 13.1 Å². The zero-order chi connectivity index (χ0) is 14.2. The summed E-state index contributed by atoms with van der Waals surface area (Å²) in [6.45, 7) is 4.60. The van der Waals surface area contributed by atoms with Gasteiger partial charge in [0, 0.05) is 18.7 Å². The number of β-amino-alcohol motifs (C(OH)–C–C–N with tert-alkyl or cyclic N) is 1. The summed E-state index contributed by atoms with van der Waals surface area (Å²) in [5, 5.41) is 9.97. The Kier molecular flexibility index (Phi) is 3.58. The number of hydrogen-bond donors (Lipinski definition) is 1. The molecule has 19 heavy (non-hydrogen) atoms. The van der Waals surface area contributed by atoms with Gasteiger partial charge in [-0.05, 0) is 30.0 Å². The highest BCUT2D eigenvalue weighted by Crippen LogP contribution is 2.30. The number of halogens is 2. The van der Waals surface area contributed by atoms with Gasteiger partial charge in [-0.15, -0.1) is 0 Å². The van der Waals surface area contributed by atoms with E-state index >= 15 is 0 Å². The van der Waals surface area contributed by atoms with Gasteiger partial charge in [-0.25, -0.2) is 8.78 Å². The van der Waals surface area contributed by atoms with Gasteiger partial charge >= 0.3 is 0 Å². The molecular formula is C14H17F2NO2. The van der Waals surface area contributed by atoms with Crippen molar-refractivity contribution in [1.82, 2.24) is 4.90 Å². The number of aliphatic hydroxyl groups is 1. The number of benzene rings is 1. The minimum atomic E-state index is -1.04. The van der Waals surface area contributed by atoms with Crippen molar-refractivity contribution >= 4 is 5.91 Å². The molecule has 3 nitrogen and oxygen atoms in total. The number of piperidine rings is 1. The van der Waals surface area contributed by atoms with Gasteiger partial charge in [-0.1, -0.05) is 13.8 Å². The van der Waals surface area contributed by atoms with Crippen molar-refractivity contribution in [2.45, 2.75) is 26.4 Å². The largest absolute Gasteiger partial charge is 0.391 e. The third kappa shape index (κ3) is 2.76. The molecule has 1 unspecified atom stereocenters. The molecule has 2 rings (SSSR count). The number of amides is 1. The lowest BCUT2D eigenvalue weighted by Gasteiger charge is -2.41. The molecule has 0 saturated carbocycles. The quantitative estimate of drug-likeness (QED) is 0.849. The van der Waals surface area contributed by atoms with E-state index in [1.165, 1.54) is 11.0 Å². The molecule has 0 spiro atoms. The number of nitrogens with zero attached hydrogens (tertiary/aromatic N) is 1. The molecule has 1 amide bonds. The highest BCUT2D eigenvalue weighted by Gasteiger charge is 2.36. The van der Waals surface area contributed by atoms with Gasteiger partial charge in [0.05, 0.1) is 6.10 Å². The van der Waals surface area contributed by atoms with Gasteiger partial charge in [0.15, 0.2) is 11.6 Å². The topological polar surface area (TPSA) is 40.5 Å². The second kappa shape index (κ2) is 4.89. The Hall–Kier alpha value is -1.49. The van der Waals surface area contributed by atoms with Gasteiger partial charge in [0.2, 0.25) is 0 Å². The van der Waals surface area contributed by atoms with Crippen LogP contribution in [0.1, 0.15) is 30.6 Å². The number of hydrogen-bond acceptors (Lipinski definition) is 2. The second-order valence-corrected chi connectivity index (χ2v) is 5.63. The first-order chi connectivity index (χ1) is 8.81. The molecule has 0 bridgehead atoms. The average Bonchev–Trinajstić information content (AvgIpc) is 2.35. The summed E-state index contributed by atoms with van der Waals surface area (Å²) < 4.78 is 25.9. The fourth-order valence-electron chi connectivity index (χ4n) is 2.13. The number of carbonyl (C=O) groups is 1. The van der Waals surface area contributed by atoms with Crippen molar-refractivity contribution in [3.63, 3.8) is 0 Å². The molecule has 1 aromatic rings. The van der Waals surface area contributed by atoms with E-state index in [2.05, 4.69) is 0 Å². The third-order valence-electron chi connectivity index (χ3n) is 3.78. The molecular weight excluding hydrogens is 252 g/mol. The minimum Gasteiger partial charge on any atom is -0.391 e. The smallest absolute Gasteiger partial charge is 0.254 e. The number of likely N-dealkylation sites (tertiary alicyclic amines) is 1. The maximum Gasteiger partial charge on any atom is 0.254 e. The third-order valence-corrected chi connectivity index (χ3v) is 3.78. The van der Waals surface area contributed by atoms with Crippen LogP contribution in [0.3, 0.4) is 0 Å². The predicted molar refractivity (Wildman–Crippen MR) is 66.7 cm³/mol. The fraction of sp³-hybridized carbons (Fsp3) is 0.500. The Morgan fingerprint density at radius 3 is 2.63 bits per heavy atom. The van der Waals surface area contributed by atoms with Crippen LogP contribution in [0.4, 0.5) is 8.78 Å². The summed E-state index contributed by atoms with van der Waals surface area (Å²) in [6, 6.07) is 3.09. The first-order valence-electron chi connectivity index (χ1n) is 6.23. The molecule has 1 aromatic carbocycles. The van der Waals surface area contributed by atoms with Gasteiger partial charge in [0.1, 0.15) is 0 Å². The summed E-state index contributed by atoms with van der Waals surface area (Å²) in [6.07, 6.45) is 0.0549. The van der Waals surface area contributed by atoms with Crippen LogP contribution in [0.2, 0.25) is 0 Å². The van der Waals surface area contributed by atoms with E-state index in [-0.39, 0.29) is 23.4 Å². The molecule has 1 aliphatic rings. The van der Waals surface area contributed by atoms with Gasteiger partial charge in [-0.2, -0.15) is 0 Å². The lowest BCUT2D eigenvalue weighted by atomic mass is 9.80. The first-order valence-corrected chi connectivity index (χ1v) is 6.23. The fourth-order valence-corrected chi connectivity index (χ4v) is 2.13. The molecule has 1 N–H and O–H groups in total. The second-order valence-electron chi connectivity index (χ2n) is 5.63. The van der Waals surface area contributed by atoms with Gasteiger partial charge in [-0.3, -0.25) is 4.79 Å². The standard InChI is InChI=1S/C14H17F2NO2/c1-14(2)5-6-17(8-12(14)18)13(19)9-3-4-10(15)11(16)7-9/h3-4,7,12,18H,5-6,8H2,1-2H3. The first kappa shape index (κ1) is 13.9. The van der Waals surface area contributed by atoms with E-state index in [1.807, 2.05) is 13.8 Å². The summed E-state index contributed by atoms with van der Waals surface area (Å²) in [5.74, 6) is -2.39. The molecule has 1 fully saturated rings. The highest BCUT2D eigenvalue weighted by molar-refractivity contribution is 5.94. The van der Waals surface area contributed by atoms with Crippen molar-refractivity contribution in [2.24, 2.45) is 5.41 Å². The van der Waals surface area contributed by atoms with Crippen molar-refractivity contribution in [1.29, 1.82) is 0 Å². The summed E-state index contributed by atoms with van der Waals surface area (Å²) in [5.41, 5.74) is -0.129. The van der Waals surface area contributed by atoms with Crippen LogP contribution in [0.5, 0.6) is 0 Å². The molecule has 0 aliphatic carbocycles. The van der Waals surface area contributed by atoms with Crippen LogP contribution in [-0.2, 0) is 0 Å². The van der Waals surface area contributed by atoms with Crippen LogP contribution in [0.25, 0.3) is 0 Å². The molecule has 1 saturated heterocycles. The zero-order valence-electron chi connectivity index (χ0n) is 11.0. The number of aliphatic hydroxyl groups excluding tert-OH is 1. The van der Waals surface area contributed by atoms with E-state index in [0.717, 1.165) is 12.1 Å². The maximum absolute atomic E-state index is 13.1. The van der Waals surface area contributed by atoms with Crippen molar-refractivity contribution < 1.29 is 18.7 Å². The number of carbonyl (C=O) groups excluding carboxylic acids is 1. The van der Waals surface area contributed by atoms with Gasteiger partial charge < -0.3 is 10.0 Å². The molecule has 1 atom stereocenters. The van der Waals surface area contributed by atoms with E-state index in [0.29, 0.717) is 13.0 Å². The van der Waals surface area contributed by atoms with Crippen LogP contribution in [-0.4, -0.2) is 35.1 Å². The Morgan fingerprint density at radius 1 is 1.37 bits per heavy atom. The normalized spacial score (nSPS) is 22.4. The molecule has 1 aliphatic heterocycles. The summed E-state index contributed by atoms with van der Waals surface area (Å²) in [7, 11) is 0. The Labute approximate surface area is 110 Å². The Morgan fingerprint density at radius 2 is 2.05 bits per heavy atom. The van der Waals surface area contributed by atoms with Crippen molar-refractivity contribution in [3.8, 4) is 0 Å². The lowest BCUT2D eigenvalue weighted by Crippen LogP contribution is -2.50. The average molecular weight is 269 g/mol. The van der Waals surface area contributed by atoms with Crippen LogP contribution >= 0.6 is 0 Å². The van der Waals surface area contributed by atoms with Crippen LogP contribution in [0.15, 0.2) is 18.2 Å². The van der Waals surface area contributed by atoms with Crippen LogP contribution < -0.4 is 0 Å². The van der Waals surface area contributed by atoms with E-state index < -0.39 is 17.7 Å². The Bertz CT molecular complexity index is 502. The van der Waals surface area contributed by atoms with Crippen molar-refractivity contribution in [3.05, 3.63) is 35.4 Å². The molecule has 5 heteroatoms. The highest BCUT2D eigenvalue weighted by atomic mass is 19.2. The predicted octanol–water partition coefficient (Wildman–Crippen LogP) is 2.20. The molecule has 104 valence electrons. The van der Waals surface area contributed by atoms with E-state index in [1.54, 1.807) is 0 Å². The van der Waals surface area contributed by atoms with Gasteiger partial charge in [0.25, 0.3) is 5.91 Å². The lowest BCUT2D eigenvalue weighted by molar-refractivity contribution is -0.0191. The zero-order valence-corrected chi connectivity index (χ0v) is 11.0. The van der Waals surface area contributed by atoms with Crippen LogP contribution in [0, 0.1) is 17.0 Å². The maximum atomic E-state index is 13.1. The van der Waals surface area contributed by atoms with E-state index in [9.17, 15) is 18.7 Å². The van der Waals surface area contributed by atoms with E-state index in [4.69, 9.17) is 0 Å². The SMILES string of the molecule is CC1(C)CCN(C(=O)c2ccc(F)c(F)c2)CC1O. The Balaban J connectivity index is 2.14. The number of rotatable bonds is 1.